The van der Waals surface area contributed by atoms with Gasteiger partial charge in [0, 0.05) is 43.3 Å². The highest BCUT2D eigenvalue weighted by Gasteiger charge is 2.25. The standard InChI is InChI=1S/C18H18N4O2/c1-13-10-17(20-12-19-13)21-6-8-22(9-7-21)18(23)16-11-14-4-2-3-5-15(14)24-16/h2-5,10-12H,6-9H2,1H3. The summed E-state index contributed by atoms with van der Waals surface area (Å²) in [6.45, 7) is 4.76. The van der Waals surface area contributed by atoms with Gasteiger partial charge < -0.3 is 14.2 Å². The van der Waals surface area contributed by atoms with Crippen molar-refractivity contribution in [2.24, 2.45) is 0 Å². The van der Waals surface area contributed by atoms with Crippen LogP contribution in [0.15, 0.2) is 47.1 Å². The molecule has 1 aliphatic rings. The van der Waals surface area contributed by atoms with E-state index in [4.69, 9.17) is 4.42 Å². The molecule has 1 aliphatic heterocycles. The maximum atomic E-state index is 12.7. The largest absolute Gasteiger partial charge is 0.451 e. The van der Waals surface area contributed by atoms with Crippen LogP contribution in [-0.2, 0) is 0 Å². The zero-order valence-electron chi connectivity index (χ0n) is 13.5. The number of para-hydroxylation sites is 1. The van der Waals surface area contributed by atoms with Crippen LogP contribution in [0.4, 0.5) is 5.82 Å². The molecule has 6 heteroatoms. The van der Waals surface area contributed by atoms with Crippen LogP contribution in [0.2, 0.25) is 0 Å². The summed E-state index contributed by atoms with van der Waals surface area (Å²) < 4.78 is 5.68. The number of piperazine rings is 1. The second kappa shape index (κ2) is 5.96. The Labute approximate surface area is 139 Å². The van der Waals surface area contributed by atoms with Crippen LogP contribution in [0.5, 0.6) is 0 Å². The van der Waals surface area contributed by atoms with Crippen molar-refractivity contribution < 1.29 is 9.21 Å². The summed E-state index contributed by atoms with van der Waals surface area (Å²) in [6, 6.07) is 11.5. The molecule has 1 amide bonds. The second-order valence-corrected chi connectivity index (χ2v) is 5.95. The number of furan rings is 1. The topological polar surface area (TPSA) is 62.5 Å². The zero-order chi connectivity index (χ0) is 16.5. The lowest BCUT2D eigenvalue weighted by Crippen LogP contribution is -2.49. The average molecular weight is 322 g/mol. The third-order valence-corrected chi connectivity index (χ3v) is 4.32. The van der Waals surface area contributed by atoms with Gasteiger partial charge in [-0.05, 0) is 19.1 Å². The van der Waals surface area contributed by atoms with Gasteiger partial charge in [0.15, 0.2) is 5.76 Å². The monoisotopic (exact) mass is 322 g/mol. The Balaban J connectivity index is 1.46. The van der Waals surface area contributed by atoms with Crippen LogP contribution in [0, 0.1) is 6.92 Å². The molecule has 0 saturated carbocycles. The number of hydrogen-bond acceptors (Lipinski definition) is 5. The number of hydrogen-bond donors (Lipinski definition) is 0. The first-order valence-corrected chi connectivity index (χ1v) is 8.02. The van der Waals surface area contributed by atoms with Gasteiger partial charge in [0.05, 0.1) is 0 Å². The number of aryl methyl sites for hydroxylation is 1. The van der Waals surface area contributed by atoms with Gasteiger partial charge in [-0.1, -0.05) is 18.2 Å². The molecule has 6 nitrogen and oxygen atoms in total. The Kier molecular flexibility index (Phi) is 3.65. The molecular weight excluding hydrogens is 304 g/mol. The lowest BCUT2D eigenvalue weighted by molar-refractivity contribution is 0.0717. The number of benzene rings is 1. The van der Waals surface area contributed by atoms with E-state index < -0.39 is 0 Å². The maximum absolute atomic E-state index is 12.7. The summed E-state index contributed by atoms with van der Waals surface area (Å²) in [5.74, 6) is 1.27. The van der Waals surface area contributed by atoms with Crippen LogP contribution in [0.1, 0.15) is 16.2 Å². The van der Waals surface area contributed by atoms with Gasteiger partial charge in [-0.2, -0.15) is 0 Å². The van der Waals surface area contributed by atoms with Gasteiger partial charge in [0.25, 0.3) is 5.91 Å². The zero-order valence-corrected chi connectivity index (χ0v) is 13.5. The van der Waals surface area contributed by atoms with Crippen molar-refractivity contribution in [1.82, 2.24) is 14.9 Å². The van der Waals surface area contributed by atoms with Gasteiger partial charge >= 0.3 is 0 Å². The molecule has 122 valence electrons. The van der Waals surface area contributed by atoms with Crippen LogP contribution in [0.25, 0.3) is 11.0 Å². The van der Waals surface area contributed by atoms with Crippen molar-refractivity contribution in [2.75, 3.05) is 31.1 Å². The quantitative estimate of drug-likeness (QED) is 0.725. The van der Waals surface area contributed by atoms with Crippen molar-refractivity contribution in [3.63, 3.8) is 0 Å². The fourth-order valence-electron chi connectivity index (χ4n) is 3.00. The molecule has 0 bridgehead atoms. The number of anilines is 1. The lowest BCUT2D eigenvalue weighted by atomic mass is 10.2. The number of nitrogens with zero attached hydrogens (tertiary/aromatic N) is 4. The van der Waals surface area contributed by atoms with Crippen molar-refractivity contribution in [2.45, 2.75) is 6.92 Å². The molecule has 1 aromatic carbocycles. The van der Waals surface area contributed by atoms with E-state index in [0.29, 0.717) is 18.8 Å². The van der Waals surface area contributed by atoms with E-state index in [1.54, 1.807) is 6.33 Å². The van der Waals surface area contributed by atoms with Crippen LogP contribution in [-0.4, -0.2) is 47.0 Å². The summed E-state index contributed by atoms with van der Waals surface area (Å²) >= 11 is 0. The maximum Gasteiger partial charge on any atom is 0.289 e. The Morgan fingerprint density at radius 1 is 1.08 bits per heavy atom. The SMILES string of the molecule is Cc1cc(N2CCN(C(=O)c3cc4ccccc4o3)CC2)ncn1. The first-order valence-electron chi connectivity index (χ1n) is 8.02. The Morgan fingerprint density at radius 2 is 1.88 bits per heavy atom. The summed E-state index contributed by atoms with van der Waals surface area (Å²) in [5, 5.41) is 0.955. The number of carbonyl (C=O) groups is 1. The van der Waals surface area contributed by atoms with E-state index in [-0.39, 0.29) is 5.91 Å². The minimum atomic E-state index is -0.0512. The molecule has 3 heterocycles. The molecule has 2 aromatic heterocycles. The van der Waals surface area contributed by atoms with Crippen molar-refractivity contribution in [3.8, 4) is 0 Å². The highest BCUT2D eigenvalue weighted by molar-refractivity contribution is 5.96. The fourth-order valence-corrected chi connectivity index (χ4v) is 3.00. The van der Waals surface area contributed by atoms with Crippen molar-refractivity contribution in [3.05, 3.63) is 54.2 Å². The molecule has 24 heavy (non-hydrogen) atoms. The van der Waals surface area contributed by atoms with E-state index in [9.17, 15) is 4.79 Å². The van der Waals surface area contributed by atoms with Crippen LogP contribution in [0.3, 0.4) is 0 Å². The summed E-state index contributed by atoms with van der Waals surface area (Å²) in [4.78, 5) is 25.1. The lowest BCUT2D eigenvalue weighted by Gasteiger charge is -2.35. The molecular formula is C18H18N4O2. The molecule has 0 atom stereocenters. The predicted octanol–water partition coefficient (Wildman–Crippen LogP) is 2.49. The Hall–Kier alpha value is -2.89. The van der Waals surface area contributed by atoms with Gasteiger partial charge in [-0.15, -0.1) is 0 Å². The number of carbonyl (C=O) groups excluding carboxylic acids is 1. The summed E-state index contributed by atoms with van der Waals surface area (Å²) in [5.41, 5.74) is 1.69. The third kappa shape index (κ3) is 2.71. The normalized spacial score (nSPS) is 15.0. The van der Waals surface area contributed by atoms with E-state index in [0.717, 1.165) is 35.6 Å². The van der Waals surface area contributed by atoms with Gasteiger partial charge in [0.2, 0.25) is 0 Å². The van der Waals surface area contributed by atoms with E-state index in [1.165, 1.54) is 0 Å². The molecule has 0 N–H and O–H groups in total. The average Bonchev–Trinajstić information content (AvgIpc) is 3.05. The van der Waals surface area contributed by atoms with Gasteiger partial charge in [-0.25, -0.2) is 9.97 Å². The summed E-state index contributed by atoms with van der Waals surface area (Å²) in [6.07, 6.45) is 1.58. The van der Waals surface area contributed by atoms with Crippen LogP contribution >= 0.6 is 0 Å². The second-order valence-electron chi connectivity index (χ2n) is 5.95. The molecule has 0 aliphatic carbocycles. The number of fused-ring (bicyclic) bond motifs is 1. The molecule has 3 aromatic rings. The highest BCUT2D eigenvalue weighted by atomic mass is 16.3. The first kappa shape index (κ1) is 14.7. The number of rotatable bonds is 2. The van der Waals surface area contributed by atoms with Crippen molar-refractivity contribution in [1.29, 1.82) is 0 Å². The molecule has 1 fully saturated rings. The van der Waals surface area contributed by atoms with E-state index in [1.807, 2.05) is 48.2 Å². The fraction of sp³-hybridized carbons (Fsp3) is 0.278. The molecule has 4 rings (SSSR count). The predicted molar refractivity (Wildman–Crippen MR) is 91.1 cm³/mol. The molecule has 0 unspecified atom stereocenters. The van der Waals surface area contributed by atoms with E-state index >= 15 is 0 Å². The van der Waals surface area contributed by atoms with Gasteiger partial charge in [-0.3, -0.25) is 4.79 Å². The minimum absolute atomic E-state index is 0.0512. The van der Waals surface area contributed by atoms with E-state index in [2.05, 4.69) is 14.9 Å². The summed E-state index contributed by atoms with van der Waals surface area (Å²) in [7, 11) is 0. The molecule has 1 saturated heterocycles. The van der Waals surface area contributed by atoms with Crippen LogP contribution < -0.4 is 4.90 Å². The van der Waals surface area contributed by atoms with Gasteiger partial charge in [0.1, 0.15) is 17.7 Å². The Morgan fingerprint density at radius 3 is 2.62 bits per heavy atom. The molecule has 0 spiro atoms. The third-order valence-electron chi connectivity index (χ3n) is 4.32. The first-order chi connectivity index (χ1) is 11.7. The van der Waals surface area contributed by atoms with Crippen molar-refractivity contribution >= 4 is 22.7 Å². The number of aromatic nitrogens is 2. The molecule has 0 radical (unpaired) electrons. The Bertz CT molecular complexity index is 848. The smallest absolute Gasteiger partial charge is 0.289 e. The highest BCUT2D eigenvalue weighted by Crippen LogP contribution is 2.21. The minimum Gasteiger partial charge on any atom is -0.451 e. The number of amides is 1.